The van der Waals surface area contributed by atoms with E-state index in [0.29, 0.717) is 18.3 Å². The Hall–Kier alpha value is -1.66. The van der Waals surface area contributed by atoms with Crippen molar-refractivity contribution in [2.75, 3.05) is 13.2 Å². The zero-order valence-corrected chi connectivity index (χ0v) is 10.7. The highest BCUT2D eigenvalue weighted by Gasteiger charge is 2.23. The smallest absolute Gasteiger partial charge is 0.261 e. The summed E-state index contributed by atoms with van der Waals surface area (Å²) in [5.74, 6) is 1.12. The first-order valence-electron chi connectivity index (χ1n) is 6.57. The number of aromatic nitrogens is 2. The third-order valence-corrected chi connectivity index (χ3v) is 3.54. The number of hydrogen-bond donors (Lipinski definition) is 1. The van der Waals surface area contributed by atoms with E-state index in [-0.39, 0.29) is 12.6 Å². The van der Waals surface area contributed by atoms with Gasteiger partial charge < -0.3 is 14.0 Å². The molecule has 0 saturated carbocycles. The van der Waals surface area contributed by atoms with Crippen LogP contribution in [0.2, 0.25) is 0 Å². The van der Waals surface area contributed by atoms with Gasteiger partial charge in [-0.15, -0.1) is 0 Å². The lowest BCUT2D eigenvalue weighted by Crippen LogP contribution is -2.41. The van der Waals surface area contributed by atoms with Crippen molar-refractivity contribution in [3.63, 3.8) is 0 Å². The molecule has 2 aromatic heterocycles. The summed E-state index contributed by atoms with van der Waals surface area (Å²) in [6.07, 6.45) is 6.51. The number of rotatable bonds is 4. The molecule has 1 aliphatic heterocycles. The molecule has 1 saturated heterocycles. The maximum absolute atomic E-state index is 9.38. The zero-order valence-electron chi connectivity index (χ0n) is 10.7. The van der Waals surface area contributed by atoms with Crippen LogP contribution in [0.3, 0.4) is 0 Å². The molecule has 3 heterocycles. The highest BCUT2D eigenvalue weighted by molar-refractivity contribution is 5.49. The fourth-order valence-corrected chi connectivity index (χ4v) is 2.48. The fourth-order valence-electron chi connectivity index (χ4n) is 2.48. The summed E-state index contributed by atoms with van der Waals surface area (Å²) >= 11 is 0. The van der Waals surface area contributed by atoms with Gasteiger partial charge in [-0.25, -0.2) is 0 Å². The van der Waals surface area contributed by atoms with Gasteiger partial charge in [0.15, 0.2) is 5.82 Å². The van der Waals surface area contributed by atoms with Crippen LogP contribution in [0.4, 0.5) is 0 Å². The van der Waals surface area contributed by atoms with Gasteiger partial charge in [-0.2, -0.15) is 4.98 Å². The van der Waals surface area contributed by atoms with Gasteiger partial charge in [0.25, 0.3) is 5.89 Å². The second kappa shape index (κ2) is 5.54. The van der Waals surface area contributed by atoms with Gasteiger partial charge in [-0.3, -0.25) is 4.90 Å². The van der Waals surface area contributed by atoms with Crippen molar-refractivity contribution in [2.24, 2.45) is 0 Å². The van der Waals surface area contributed by atoms with Crippen LogP contribution in [0.1, 0.15) is 25.1 Å². The van der Waals surface area contributed by atoms with Crippen molar-refractivity contribution in [2.45, 2.75) is 31.8 Å². The quantitative estimate of drug-likeness (QED) is 0.904. The van der Waals surface area contributed by atoms with Gasteiger partial charge in [0.05, 0.1) is 25.0 Å². The number of aliphatic hydroxyl groups excluding tert-OH is 1. The second-order valence-corrected chi connectivity index (χ2v) is 4.83. The lowest BCUT2D eigenvalue weighted by molar-refractivity contribution is 0.0812. The Labute approximate surface area is 111 Å². The molecule has 0 radical (unpaired) electrons. The Balaban J connectivity index is 1.69. The first-order valence-corrected chi connectivity index (χ1v) is 6.57. The highest BCUT2D eigenvalue weighted by atomic mass is 16.5. The van der Waals surface area contributed by atoms with Crippen LogP contribution in [-0.2, 0) is 6.54 Å². The molecule has 6 heteroatoms. The van der Waals surface area contributed by atoms with E-state index in [4.69, 9.17) is 8.94 Å². The summed E-state index contributed by atoms with van der Waals surface area (Å²) in [6.45, 7) is 1.78. The molecule has 1 N–H and O–H groups in total. The van der Waals surface area contributed by atoms with E-state index < -0.39 is 0 Å². The van der Waals surface area contributed by atoms with Crippen molar-refractivity contribution in [1.29, 1.82) is 0 Å². The van der Waals surface area contributed by atoms with Crippen molar-refractivity contribution in [3.05, 3.63) is 24.4 Å². The molecule has 1 atom stereocenters. The lowest BCUT2D eigenvalue weighted by Gasteiger charge is -2.33. The topological polar surface area (TPSA) is 75.5 Å². The molecule has 2 aromatic rings. The van der Waals surface area contributed by atoms with Crippen molar-refractivity contribution >= 4 is 0 Å². The van der Waals surface area contributed by atoms with E-state index in [9.17, 15) is 5.11 Å². The largest absolute Gasteiger partial charge is 0.472 e. The van der Waals surface area contributed by atoms with Gasteiger partial charge in [0.1, 0.15) is 6.26 Å². The summed E-state index contributed by atoms with van der Waals surface area (Å²) in [4.78, 5) is 6.57. The minimum atomic E-state index is 0.187. The normalized spacial score (nSPS) is 20.8. The number of hydrogen-bond acceptors (Lipinski definition) is 6. The van der Waals surface area contributed by atoms with Crippen LogP contribution in [0.15, 0.2) is 27.5 Å². The maximum atomic E-state index is 9.38. The van der Waals surface area contributed by atoms with Crippen LogP contribution in [0.25, 0.3) is 11.5 Å². The average molecular weight is 263 g/mol. The summed E-state index contributed by atoms with van der Waals surface area (Å²) < 4.78 is 10.2. The van der Waals surface area contributed by atoms with Gasteiger partial charge >= 0.3 is 0 Å². The maximum Gasteiger partial charge on any atom is 0.261 e. The Morgan fingerprint density at radius 2 is 2.37 bits per heavy atom. The molecule has 6 nitrogen and oxygen atoms in total. The molecule has 0 bridgehead atoms. The molecule has 0 aromatic carbocycles. The van der Waals surface area contributed by atoms with Crippen LogP contribution in [0.5, 0.6) is 0 Å². The predicted octanol–water partition coefficient (Wildman–Crippen LogP) is 1.68. The lowest BCUT2D eigenvalue weighted by atomic mass is 10.0. The average Bonchev–Trinajstić information content (AvgIpc) is 3.09. The molecule has 0 aliphatic carbocycles. The molecule has 1 unspecified atom stereocenters. The minimum Gasteiger partial charge on any atom is -0.472 e. The van der Waals surface area contributed by atoms with Crippen molar-refractivity contribution < 1.29 is 14.0 Å². The van der Waals surface area contributed by atoms with Crippen molar-refractivity contribution in [1.82, 2.24) is 15.0 Å². The van der Waals surface area contributed by atoms with Crippen LogP contribution < -0.4 is 0 Å². The van der Waals surface area contributed by atoms with Gasteiger partial charge in [-0.1, -0.05) is 11.6 Å². The summed E-state index contributed by atoms with van der Waals surface area (Å²) in [7, 11) is 0. The van der Waals surface area contributed by atoms with E-state index in [2.05, 4.69) is 15.0 Å². The van der Waals surface area contributed by atoms with E-state index in [1.54, 1.807) is 18.6 Å². The monoisotopic (exact) mass is 263 g/mol. The van der Waals surface area contributed by atoms with Crippen LogP contribution in [-0.4, -0.2) is 39.3 Å². The Morgan fingerprint density at radius 1 is 1.42 bits per heavy atom. The first-order chi connectivity index (χ1) is 9.36. The van der Waals surface area contributed by atoms with Crippen LogP contribution in [0, 0.1) is 0 Å². The molecular weight excluding hydrogens is 246 g/mol. The SMILES string of the molecule is OCC1CCCCN1Cc1noc(-c2ccoc2)n1. The Kier molecular flexibility index (Phi) is 3.61. The number of likely N-dealkylation sites (tertiary alicyclic amines) is 1. The second-order valence-electron chi connectivity index (χ2n) is 4.83. The Bertz CT molecular complexity index is 509. The standard InChI is InChI=1S/C13H17N3O3/c17-8-11-3-1-2-5-16(11)7-12-14-13(19-15-12)10-4-6-18-9-10/h4,6,9,11,17H,1-3,5,7-8H2. The third-order valence-electron chi connectivity index (χ3n) is 3.54. The van der Waals surface area contributed by atoms with Gasteiger partial charge in [-0.05, 0) is 25.5 Å². The van der Waals surface area contributed by atoms with Gasteiger partial charge in [0.2, 0.25) is 0 Å². The van der Waals surface area contributed by atoms with E-state index in [0.717, 1.165) is 24.9 Å². The Morgan fingerprint density at radius 3 is 3.16 bits per heavy atom. The van der Waals surface area contributed by atoms with E-state index >= 15 is 0 Å². The predicted molar refractivity (Wildman–Crippen MR) is 67.1 cm³/mol. The number of piperidine rings is 1. The number of aliphatic hydroxyl groups is 1. The molecule has 102 valence electrons. The van der Waals surface area contributed by atoms with Crippen molar-refractivity contribution in [3.8, 4) is 11.5 Å². The first kappa shape index (κ1) is 12.4. The number of furan rings is 1. The fraction of sp³-hybridized carbons (Fsp3) is 0.538. The zero-order chi connectivity index (χ0) is 13.1. The summed E-state index contributed by atoms with van der Waals surface area (Å²) in [5, 5.41) is 13.4. The molecule has 0 amide bonds. The van der Waals surface area contributed by atoms with Gasteiger partial charge in [0, 0.05) is 6.04 Å². The number of nitrogens with zero attached hydrogens (tertiary/aromatic N) is 3. The minimum absolute atomic E-state index is 0.187. The third kappa shape index (κ3) is 2.69. The molecule has 1 fully saturated rings. The van der Waals surface area contributed by atoms with E-state index in [1.807, 2.05) is 0 Å². The van der Waals surface area contributed by atoms with E-state index in [1.165, 1.54) is 6.42 Å². The molecular formula is C13H17N3O3. The summed E-state index contributed by atoms with van der Waals surface area (Å²) in [5.41, 5.74) is 0.788. The molecule has 19 heavy (non-hydrogen) atoms. The summed E-state index contributed by atoms with van der Waals surface area (Å²) in [6, 6.07) is 2.00. The molecule has 3 rings (SSSR count). The molecule has 1 aliphatic rings. The molecule has 0 spiro atoms. The van der Waals surface area contributed by atoms with Crippen LogP contribution >= 0.6 is 0 Å². The highest BCUT2D eigenvalue weighted by Crippen LogP contribution is 2.21.